The maximum atomic E-state index is 13.0. The largest absolute Gasteiger partial charge is 0.489 e. The first-order valence-electron chi connectivity index (χ1n) is 5.82. The Morgan fingerprint density at radius 2 is 1.95 bits per heavy atom. The summed E-state index contributed by atoms with van der Waals surface area (Å²) in [5.74, 6) is -0.726. The minimum Gasteiger partial charge on any atom is -0.489 e. The minimum atomic E-state index is -0.915. The van der Waals surface area contributed by atoms with Gasteiger partial charge in [-0.25, -0.2) is 4.39 Å². The van der Waals surface area contributed by atoms with Crippen LogP contribution in [0.5, 0.6) is 5.75 Å². The molecule has 0 radical (unpaired) electrons. The molecule has 0 aromatic heterocycles. The summed E-state index contributed by atoms with van der Waals surface area (Å²) in [5.41, 5.74) is 1.30. The van der Waals surface area contributed by atoms with Crippen LogP contribution in [0.3, 0.4) is 0 Å². The minimum absolute atomic E-state index is 0.0979. The third-order valence-corrected chi connectivity index (χ3v) is 2.60. The van der Waals surface area contributed by atoms with Gasteiger partial charge in [0.25, 0.3) is 0 Å². The molecule has 0 saturated carbocycles. The molecule has 4 heteroatoms. The van der Waals surface area contributed by atoms with Gasteiger partial charge in [0.2, 0.25) is 0 Å². The van der Waals surface area contributed by atoms with Crippen molar-refractivity contribution in [2.24, 2.45) is 0 Å². The van der Waals surface area contributed by atoms with Crippen LogP contribution in [0.1, 0.15) is 11.1 Å². The zero-order valence-corrected chi connectivity index (χ0v) is 10.2. The molecule has 1 N–H and O–H groups in total. The molecule has 0 heterocycles. The Labute approximate surface area is 110 Å². The molecule has 0 aliphatic rings. The van der Waals surface area contributed by atoms with E-state index in [4.69, 9.17) is 9.84 Å². The molecule has 98 valence electrons. The quantitative estimate of drug-likeness (QED) is 0.898. The van der Waals surface area contributed by atoms with Crippen molar-refractivity contribution in [1.82, 2.24) is 0 Å². The molecule has 0 aliphatic carbocycles. The van der Waals surface area contributed by atoms with Crippen molar-refractivity contribution < 1.29 is 19.0 Å². The Balaban J connectivity index is 2.09. The molecule has 2 aromatic carbocycles. The predicted octanol–water partition coefficient (Wildman–Crippen LogP) is 3.03. The van der Waals surface area contributed by atoms with Crippen molar-refractivity contribution in [1.29, 1.82) is 0 Å². The van der Waals surface area contributed by atoms with E-state index in [0.717, 1.165) is 0 Å². The van der Waals surface area contributed by atoms with E-state index in [1.807, 2.05) is 0 Å². The highest BCUT2D eigenvalue weighted by molar-refractivity contribution is 5.71. The number of carboxylic acids is 1. The fraction of sp³-hybridized carbons (Fsp3) is 0.133. The smallest absolute Gasteiger partial charge is 0.307 e. The molecule has 19 heavy (non-hydrogen) atoms. The molecule has 0 amide bonds. The molecule has 3 nitrogen and oxygen atoms in total. The molecular weight excluding hydrogens is 247 g/mol. The van der Waals surface area contributed by atoms with Crippen LogP contribution in [0.25, 0.3) is 0 Å². The summed E-state index contributed by atoms with van der Waals surface area (Å²) in [5, 5.41) is 8.81. The van der Waals surface area contributed by atoms with Gasteiger partial charge in [0.15, 0.2) is 0 Å². The van der Waals surface area contributed by atoms with Gasteiger partial charge in [-0.15, -0.1) is 0 Å². The van der Waals surface area contributed by atoms with Gasteiger partial charge in [-0.2, -0.15) is 0 Å². The van der Waals surface area contributed by atoms with Gasteiger partial charge in [0.1, 0.15) is 18.2 Å². The molecule has 0 unspecified atom stereocenters. The van der Waals surface area contributed by atoms with Crippen molar-refractivity contribution in [2.75, 3.05) is 0 Å². The lowest BCUT2D eigenvalue weighted by atomic mass is 10.1. The Hall–Kier alpha value is -2.36. The van der Waals surface area contributed by atoms with E-state index in [0.29, 0.717) is 16.9 Å². The van der Waals surface area contributed by atoms with E-state index >= 15 is 0 Å². The summed E-state index contributed by atoms with van der Waals surface area (Å²) in [6, 6.07) is 13.0. The number of carboxylic acid groups (broad SMARTS) is 1. The number of carbonyl (C=O) groups is 1. The molecule has 0 aliphatic heterocycles. The number of aliphatic carboxylic acids is 1. The summed E-state index contributed by atoms with van der Waals surface area (Å²) < 4.78 is 18.6. The van der Waals surface area contributed by atoms with Crippen molar-refractivity contribution in [3.8, 4) is 5.75 Å². The molecule has 0 spiro atoms. The number of benzene rings is 2. The van der Waals surface area contributed by atoms with Crippen LogP contribution in [0.2, 0.25) is 0 Å². The van der Waals surface area contributed by atoms with Gasteiger partial charge in [0, 0.05) is 5.56 Å². The van der Waals surface area contributed by atoms with Gasteiger partial charge in [-0.3, -0.25) is 4.79 Å². The summed E-state index contributed by atoms with van der Waals surface area (Å²) in [4.78, 5) is 10.7. The number of hydrogen-bond acceptors (Lipinski definition) is 2. The van der Waals surface area contributed by atoms with Crippen LogP contribution in [0.4, 0.5) is 4.39 Å². The SMILES string of the molecule is O=C(O)Cc1ccccc1OCc1cccc(F)c1. The van der Waals surface area contributed by atoms with Crippen LogP contribution in [-0.2, 0) is 17.8 Å². The lowest BCUT2D eigenvalue weighted by molar-refractivity contribution is -0.136. The second-order valence-corrected chi connectivity index (χ2v) is 4.10. The third-order valence-electron chi connectivity index (χ3n) is 2.60. The normalized spacial score (nSPS) is 10.2. The van der Waals surface area contributed by atoms with E-state index in [2.05, 4.69) is 0 Å². The van der Waals surface area contributed by atoms with Gasteiger partial charge < -0.3 is 9.84 Å². The average Bonchev–Trinajstić information content (AvgIpc) is 2.37. The van der Waals surface area contributed by atoms with Crippen LogP contribution in [0.15, 0.2) is 48.5 Å². The first-order chi connectivity index (χ1) is 9.15. The average molecular weight is 260 g/mol. The second kappa shape index (κ2) is 6.00. The Kier molecular flexibility index (Phi) is 4.13. The summed E-state index contributed by atoms with van der Waals surface area (Å²) in [6.07, 6.45) is -0.0979. The van der Waals surface area contributed by atoms with Gasteiger partial charge >= 0.3 is 5.97 Å². The number of para-hydroxylation sites is 1. The molecule has 0 fully saturated rings. The third kappa shape index (κ3) is 3.81. The maximum Gasteiger partial charge on any atom is 0.307 e. The van der Waals surface area contributed by atoms with E-state index in [9.17, 15) is 9.18 Å². The monoisotopic (exact) mass is 260 g/mol. The standard InChI is InChI=1S/C15H13FO3/c16-13-6-3-4-11(8-13)10-19-14-7-2-1-5-12(14)9-15(17)18/h1-8H,9-10H2,(H,17,18). The highest BCUT2D eigenvalue weighted by Gasteiger charge is 2.07. The molecule has 0 bridgehead atoms. The Morgan fingerprint density at radius 1 is 1.16 bits per heavy atom. The first-order valence-corrected chi connectivity index (χ1v) is 5.82. The fourth-order valence-corrected chi connectivity index (χ4v) is 1.74. The van der Waals surface area contributed by atoms with E-state index in [1.54, 1.807) is 36.4 Å². The number of ether oxygens (including phenoxy) is 1. The first kappa shape index (κ1) is 13.1. The summed E-state index contributed by atoms with van der Waals surface area (Å²) in [6.45, 7) is 0.203. The summed E-state index contributed by atoms with van der Waals surface area (Å²) >= 11 is 0. The zero-order valence-electron chi connectivity index (χ0n) is 10.2. The van der Waals surface area contributed by atoms with Crippen molar-refractivity contribution in [3.63, 3.8) is 0 Å². The summed E-state index contributed by atoms with van der Waals surface area (Å²) in [7, 11) is 0. The topological polar surface area (TPSA) is 46.5 Å². The number of halogens is 1. The number of rotatable bonds is 5. The second-order valence-electron chi connectivity index (χ2n) is 4.10. The van der Waals surface area contributed by atoms with Crippen LogP contribution in [-0.4, -0.2) is 11.1 Å². The highest BCUT2D eigenvalue weighted by Crippen LogP contribution is 2.20. The van der Waals surface area contributed by atoms with Crippen molar-refractivity contribution in [2.45, 2.75) is 13.0 Å². The van der Waals surface area contributed by atoms with Crippen LogP contribution < -0.4 is 4.74 Å². The van der Waals surface area contributed by atoms with Gasteiger partial charge in [0.05, 0.1) is 6.42 Å². The van der Waals surface area contributed by atoms with E-state index in [1.165, 1.54) is 12.1 Å². The van der Waals surface area contributed by atoms with Crippen molar-refractivity contribution in [3.05, 3.63) is 65.5 Å². The molecule has 2 rings (SSSR count). The van der Waals surface area contributed by atoms with Crippen molar-refractivity contribution >= 4 is 5.97 Å². The van der Waals surface area contributed by atoms with E-state index < -0.39 is 5.97 Å². The highest BCUT2D eigenvalue weighted by atomic mass is 19.1. The molecule has 0 saturated heterocycles. The van der Waals surface area contributed by atoms with E-state index in [-0.39, 0.29) is 18.8 Å². The van der Waals surface area contributed by atoms with Gasteiger partial charge in [-0.05, 0) is 23.8 Å². The number of hydrogen-bond donors (Lipinski definition) is 1. The maximum absolute atomic E-state index is 13.0. The lowest BCUT2D eigenvalue weighted by Gasteiger charge is -2.10. The zero-order chi connectivity index (χ0) is 13.7. The van der Waals surface area contributed by atoms with Crippen LogP contribution >= 0.6 is 0 Å². The molecule has 2 aromatic rings. The Bertz CT molecular complexity index is 581. The Morgan fingerprint density at radius 3 is 2.68 bits per heavy atom. The van der Waals surface area contributed by atoms with Crippen LogP contribution in [0, 0.1) is 5.82 Å². The molecule has 0 atom stereocenters. The lowest BCUT2D eigenvalue weighted by Crippen LogP contribution is -2.04. The predicted molar refractivity (Wildman–Crippen MR) is 68.5 cm³/mol. The van der Waals surface area contributed by atoms with Gasteiger partial charge in [-0.1, -0.05) is 30.3 Å². The molecular formula is C15H13FO3. The fourth-order valence-electron chi connectivity index (χ4n) is 1.74.